The molecule has 1 fully saturated rings. The minimum Gasteiger partial charge on any atom is -0.449 e. The second-order valence-corrected chi connectivity index (χ2v) is 6.79. The van der Waals surface area contributed by atoms with Crippen molar-refractivity contribution in [3.8, 4) is 0 Å². The Morgan fingerprint density at radius 2 is 2.00 bits per heavy atom. The zero-order chi connectivity index (χ0) is 20.1. The molecule has 0 radical (unpaired) electrons. The number of halogens is 1. The molecule has 1 aromatic rings. The van der Waals surface area contributed by atoms with Crippen LogP contribution in [-0.4, -0.2) is 53.1 Å². The van der Waals surface area contributed by atoms with E-state index in [0.29, 0.717) is 18.7 Å². The first-order chi connectivity index (χ1) is 12.7. The van der Waals surface area contributed by atoms with Crippen molar-refractivity contribution in [2.24, 2.45) is 0 Å². The monoisotopic (exact) mass is 396 g/mol. The summed E-state index contributed by atoms with van der Waals surface area (Å²) in [6.45, 7) is 6.14. The van der Waals surface area contributed by atoms with E-state index in [0.717, 1.165) is 6.08 Å². The van der Waals surface area contributed by atoms with E-state index in [1.54, 1.807) is 4.90 Å². The molecule has 1 heterocycles. The van der Waals surface area contributed by atoms with Gasteiger partial charge < -0.3 is 14.4 Å². The van der Waals surface area contributed by atoms with Crippen LogP contribution in [0.4, 0.5) is 5.69 Å². The lowest BCUT2D eigenvalue weighted by Crippen LogP contribution is -2.51. The van der Waals surface area contributed by atoms with Gasteiger partial charge in [-0.15, -0.1) is 0 Å². The van der Waals surface area contributed by atoms with E-state index in [1.165, 1.54) is 31.2 Å². The number of hydrogen-bond donors (Lipinski definition) is 0. The molecule has 9 heteroatoms. The average molecular weight is 397 g/mol. The number of rotatable bonds is 5. The van der Waals surface area contributed by atoms with Crippen LogP contribution < -0.4 is 0 Å². The van der Waals surface area contributed by atoms with Gasteiger partial charge in [0.2, 0.25) is 0 Å². The van der Waals surface area contributed by atoms with E-state index in [9.17, 15) is 19.7 Å². The number of nitro benzene ring substituents is 1. The number of carbonyl (C=O) groups excluding carboxylic acids is 2. The van der Waals surface area contributed by atoms with Crippen LogP contribution in [0, 0.1) is 10.1 Å². The molecule has 0 unspecified atom stereocenters. The fourth-order valence-corrected chi connectivity index (χ4v) is 3.00. The first-order valence-electron chi connectivity index (χ1n) is 8.44. The molecule has 0 aliphatic carbocycles. The van der Waals surface area contributed by atoms with Crippen molar-refractivity contribution in [3.63, 3.8) is 0 Å². The molecule has 146 valence electrons. The summed E-state index contributed by atoms with van der Waals surface area (Å²) in [4.78, 5) is 36.3. The van der Waals surface area contributed by atoms with Gasteiger partial charge in [0.05, 0.1) is 17.1 Å². The van der Waals surface area contributed by atoms with Crippen molar-refractivity contribution in [3.05, 3.63) is 45.0 Å². The number of benzene rings is 1. The van der Waals surface area contributed by atoms with Crippen molar-refractivity contribution in [2.45, 2.75) is 39.1 Å². The first kappa shape index (κ1) is 20.9. The van der Waals surface area contributed by atoms with Gasteiger partial charge in [0.25, 0.3) is 11.6 Å². The minimum atomic E-state index is -0.945. The molecule has 3 atom stereocenters. The van der Waals surface area contributed by atoms with Crippen molar-refractivity contribution >= 4 is 35.2 Å². The van der Waals surface area contributed by atoms with Gasteiger partial charge >= 0.3 is 5.97 Å². The number of morpholine rings is 1. The summed E-state index contributed by atoms with van der Waals surface area (Å²) in [7, 11) is 0. The molecular weight excluding hydrogens is 376 g/mol. The molecule has 2 rings (SSSR count). The summed E-state index contributed by atoms with van der Waals surface area (Å²) in [6.07, 6.45) is 1.37. The van der Waals surface area contributed by atoms with Gasteiger partial charge in [0.1, 0.15) is 5.02 Å². The summed E-state index contributed by atoms with van der Waals surface area (Å²) in [5.74, 6) is -1.01. The smallest absolute Gasteiger partial charge is 0.331 e. The molecule has 1 aliphatic heterocycles. The molecule has 0 aromatic heterocycles. The van der Waals surface area contributed by atoms with Crippen molar-refractivity contribution in [1.29, 1.82) is 0 Å². The van der Waals surface area contributed by atoms with Crippen LogP contribution >= 0.6 is 11.6 Å². The fourth-order valence-electron chi connectivity index (χ4n) is 2.82. The Labute approximate surface area is 161 Å². The molecule has 0 N–H and O–H groups in total. The molecule has 1 saturated heterocycles. The van der Waals surface area contributed by atoms with E-state index >= 15 is 0 Å². The molecule has 27 heavy (non-hydrogen) atoms. The lowest BCUT2D eigenvalue weighted by molar-refractivity contribution is -0.384. The van der Waals surface area contributed by atoms with E-state index in [-0.39, 0.29) is 28.8 Å². The number of esters is 1. The topological polar surface area (TPSA) is 99.0 Å². The van der Waals surface area contributed by atoms with Gasteiger partial charge in [-0.2, -0.15) is 0 Å². The fraction of sp³-hybridized carbons (Fsp3) is 0.444. The number of hydrogen-bond acceptors (Lipinski definition) is 6. The van der Waals surface area contributed by atoms with Gasteiger partial charge in [-0.1, -0.05) is 17.7 Å². The van der Waals surface area contributed by atoms with Crippen LogP contribution in [-0.2, 0) is 19.1 Å². The van der Waals surface area contributed by atoms with Crippen LogP contribution in [0.2, 0.25) is 5.02 Å². The number of nitrogens with zero attached hydrogens (tertiary/aromatic N) is 2. The highest BCUT2D eigenvalue weighted by Gasteiger charge is 2.30. The predicted octanol–water partition coefficient (Wildman–Crippen LogP) is 2.83. The van der Waals surface area contributed by atoms with E-state index in [4.69, 9.17) is 21.1 Å². The third-order valence-electron chi connectivity index (χ3n) is 3.95. The van der Waals surface area contributed by atoms with Crippen LogP contribution in [0.3, 0.4) is 0 Å². The molecule has 0 spiro atoms. The molecule has 1 aliphatic rings. The van der Waals surface area contributed by atoms with Crippen molar-refractivity contribution < 1.29 is 24.0 Å². The molecule has 1 aromatic carbocycles. The minimum absolute atomic E-state index is 0.00733. The third-order valence-corrected chi connectivity index (χ3v) is 4.27. The normalized spacial score (nSPS) is 21.1. The number of amides is 1. The maximum Gasteiger partial charge on any atom is 0.331 e. The lowest BCUT2D eigenvalue weighted by atomic mass is 10.2. The van der Waals surface area contributed by atoms with Crippen LogP contribution in [0.25, 0.3) is 6.08 Å². The van der Waals surface area contributed by atoms with Crippen LogP contribution in [0.5, 0.6) is 0 Å². The van der Waals surface area contributed by atoms with E-state index in [2.05, 4.69) is 0 Å². The van der Waals surface area contributed by atoms with Gasteiger partial charge in [-0.3, -0.25) is 14.9 Å². The second kappa shape index (κ2) is 8.96. The summed E-state index contributed by atoms with van der Waals surface area (Å²) in [5, 5.41) is 10.9. The SMILES string of the molecule is C[C@@H]1CN(C(=O)[C@H](C)OC(=O)/C=C/c2ccc(Cl)c([N+](=O)[O-])c2)C[C@H](C)O1. The number of carbonyl (C=O) groups is 2. The Bertz CT molecular complexity index is 756. The van der Waals surface area contributed by atoms with Gasteiger partial charge in [-0.25, -0.2) is 4.79 Å². The van der Waals surface area contributed by atoms with Gasteiger partial charge in [0.15, 0.2) is 6.10 Å². The van der Waals surface area contributed by atoms with E-state index < -0.39 is 17.0 Å². The summed E-state index contributed by atoms with van der Waals surface area (Å²) >= 11 is 5.74. The summed E-state index contributed by atoms with van der Waals surface area (Å²) in [5.41, 5.74) is 0.157. The predicted molar refractivity (Wildman–Crippen MR) is 99.3 cm³/mol. The zero-order valence-electron chi connectivity index (χ0n) is 15.3. The standard InChI is InChI=1S/C18H21ClN2O6/c1-11-9-20(10-12(2)26-11)18(23)13(3)27-17(22)7-5-14-4-6-15(19)16(8-14)21(24)25/h4-8,11-13H,9-10H2,1-3H3/b7-5+/t11-,12+,13-/m0/s1. The highest BCUT2D eigenvalue weighted by atomic mass is 35.5. The van der Waals surface area contributed by atoms with Crippen molar-refractivity contribution in [2.75, 3.05) is 13.1 Å². The Hall–Kier alpha value is -2.45. The molecule has 0 saturated carbocycles. The zero-order valence-corrected chi connectivity index (χ0v) is 16.0. The number of nitro groups is 1. The lowest BCUT2D eigenvalue weighted by Gasteiger charge is -2.36. The summed E-state index contributed by atoms with van der Waals surface area (Å²) < 4.78 is 10.7. The Morgan fingerprint density at radius 1 is 1.37 bits per heavy atom. The van der Waals surface area contributed by atoms with E-state index in [1.807, 2.05) is 13.8 Å². The highest BCUT2D eigenvalue weighted by molar-refractivity contribution is 6.32. The van der Waals surface area contributed by atoms with Gasteiger partial charge in [0, 0.05) is 25.2 Å². The van der Waals surface area contributed by atoms with Crippen LogP contribution in [0.15, 0.2) is 24.3 Å². The Morgan fingerprint density at radius 3 is 2.59 bits per heavy atom. The number of ether oxygens (including phenoxy) is 2. The molecule has 0 bridgehead atoms. The Kier molecular flexibility index (Phi) is 6.92. The molecule has 1 amide bonds. The Balaban J connectivity index is 1.96. The maximum atomic E-state index is 12.4. The summed E-state index contributed by atoms with van der Waals surface area (Å²) in [6, 6.07) is 4.15. The average Bonchev–Trinajstić information content (AvgIpc) is 2.59. The molecular formula is C18H21ClN2O6. The highest BCUT2D eigenvalue weighted by Crippen LogP contribution is 2.25. The molecule has 8 nitrogen and oxygen atoms in total. The third kappa shape index (κ3) is 5.77. The second-order valence-electron chi connectivity index (χ2n) is 6.38. The largest absolute Gasteiger partial charge is 0.449 e. The first-order valence-corrected chi connectivity index (χ1v) is 8.82. The quantitative estimate of drug-likeness (QED) is 0.328. The van der Waals surface area contributed by atoms with Crippen LogP contribution in [0.1, 0.15) is 26.3 Å². The van der Waals surface area contributed by atoms with Crippen molar-refractivity contribution in [1.82, 2.24) is 4.90 Å². The maximum absolute atomic E-state index is 12.4. The van der Waals surface area contributed by atoms with Gasteiger partial charge in [-0.05, 0) is 38.5 Å².